The van der Waals surface area contributed by atoms with Crippen LogP contribution in [0.2, 0.25) is 5.02 Å². The molecule has 1 atom stereocenters. The van der Waals surface area contributed by atoms with Crippen molar-refractivity contribution in [2.75, 3.05) is 17.9 Å². The van der Waals surface area contributed by atoms with Crippen LogP contribution < -0.4 is 16.6 Å². The van der Waals surface area contributed by atoms with Crippen LogP contribution >= 0.6 is 11.6 Å². The Bertz CT molecular complexity index is 590. The lowest BCUT2D eigenvalue weighted by atomic mass is 10.1. The maximum Gasteiger partial charge on any atom is 0.158 e. The molecule has 0 spiro atoms. The van der Waals surface area contributed by atoms with Crippen LogP contribution in [0.25, 0.3) is 0 Å². The highest BCUT2D eigenvalue weighted by molar-refractivity contribution is 6.30. The Labute approximate surface area is 128 Å². The van der Waals surface area contributed by atoms with Gasteiger partial charge < -0.3 is 15.5 Å². The molecule has 0 radical (unpaired) electrons. The second kappa shape index (κ2) is 7.21. The van der Waals surface area contributed by atoms with E-state index in [2.05, 4.69) is 20.7 Å². The minimum Gasteiger partial charge on any atom is -0.377 e. The molecular weight excluding hydrogens is 290 g/mol. The van der Waals surface area contributed by atoms with Crippen molar-refractivity contribution in [3.8, 4) is 0 Å². The number of benzene rings is 1. The summed E-state index contributed by atoms with van der Waals surface area (Å²) in [6.07, 6.45) is 0. The zero-order valence-electron chi connectivity index (χ0n) is 11.9. The van der Waals surface area contributed by atoms with Crippen molar-refractivity contribution in [2.24, 2.45) is 5.84 Å². The van der Waals surface area contributed by atoms with E-state index in [1.807, 2.05) is 31.2 Å². The quantitative estimate of drug-likeness (QED) is 0.562. The number of halogens is 1. The number of hydrogen-bond donors (Lipinski definition) is 3. The Morgan fingerprint density at radius 3 is 2.52 bits per heavy atom. The summed E-state index contributed by atoms with van der Waals surface area (Å²) in [5.74, 6) is 7.18. The van der Waals surface area contributed by atoms with Gasteiger partial charge in [-0.25, -0.2) is 15.8 Å². The lowest BCUT2D eigenvalue weighted by molar-refractivity contribution is 0.178. The predicted octanol–water partition coefficient (Wildman–Crippen LogP) is 2.74. The molecule has 1 heterocycles. The van der Waals surface area contributed by atoms with E-state index in [0.29, 0.717) is 29.1 Å². The van der Waals surface area contributed by atoms with Gasteiger partial charge >= 0.3 is 0 Å². The van der Waals surface area contributed by atoms with E-state index in [9.17, 15) is 0 Å². The van der Waals surface area contributed by atoms with Gasteiger partial charge in [0.1, 0.15) is 18.2 Å². The smallest absolute Gasteiger partial charge is 0.158 e. The first-order valence-corrected chi connectivity index (χ1v) is 6.85. The molecule has 1 aromatic heterocycles. The van der Waals surface area contributed by atoms with E-state index in [1.54, 1.807) is 13.2 Å². The van der Waals surface area contributed by atoms with Gasteiger partial charge in [-0.3, -0.25) is 0 Å². The number of methoxy groups -OCH3 is 1. The van der Waals surface area contributed by atoms with Crippen LogP contribution in [-0.4, -0.2) is 17.1 Å². The largest absolute Gasteiger partial charge is 0.377 e. The van der Waals surface area contributed by atoms with Crippen LogP contribution in [0.5, 0.6) is 0 Å². The molecular formula is C14H18ClN5O. The molecule has 0 amide bonds. The van der Waals surface area contributed by atoms with E-state index >= 15 is 0 Å². The van der Waals surface area contributed by atoms with Crippen molar-refractivity contribution in [3.63, 3.8) is 0 Å². The number of hydrazine groups is 1. The molecule has 0 saturated carbocycles. The number of nitrogen functional groups attached to an aromatic ring is 1. The average molecular weight is 308 g/mol. The van der Waals surface area contributed by atoms with Gasteiger partial charge in [-0.15, -0.1) is 0 Å². The molecule has 0 aliphatic heterocycles. The maximum absolute atomic E-state index is 5.89. The Morgan fingerprint density at radius 2 is 1.90 bits per heavy atom. The van der Waals surface area contributed by atoms with E-state index in [0.717, 1.165) is 5.56 Å². The van der Waals surface area contributed by atoms with Crippen molar-refractivity contribution in [1.29, 1.82) is 0 Å². The standard InChI is InChI=1S/C14H18ClN5O/c1-9(10-3-5-11(15)6-4-10)17-12-7-13(20-16)19-14(18-12)8-21-2/h3-7,9H,8,16H2,1-2H3,(H2,17,18,19,20). The molecule has 6 nitrogen and oxygen atoms in total. The maximum atomic E-state index is 5.89. The number of aromatic nitrogens is 2. The monoisotopic (exact) mass is 307 g/mol. The summed E-state index contributed by atoms with van der Waals surface area (Å²) in [5, 5.41) is 4.02. The van der Waals surface area contributed by atoms with Crippen molar-refractivity contribution in [2.45, 2.75) is 19.6 Å². The second-order valence-electron chi connectivity index (χ2n) is 4.55. The number of anilines is 2. The number of nitrogens with two attached hydrogens (primary N) is 1. The molecule has 0 aliphatic rings. The van der Waals surface area contributed by atoms with E-state index < -0.39 is 0 Å². The van der Waals surface area contributed by atoms with Gasteiger partial charge in [-0.1, -0.05) is 23.7 Å². The fourth-order valence-corrected chi connectivity index (χ4v) is 2.02. The van der Waals surface area contributed by atoms with Crippen LogP contribution in [0.3, 0.4) is 0 Å². The van der Waals surface area contributed by atoms with Crippen LogP contribution in [0.15, 0.2) is 30.3 Å². The summed E-state index contributed by atoms with van der Waals surface area (Å²) in [7, 11) is 1.59. The molecule has 0 saturated heterocycles. The zero-order chi connectivity index (χ0) is 15.2. The third-order valence-electron chi connectivity index (χ3n) is 2.93. The minimum absolute atomic E-state index is 0.0678. The summed E-state index contributed by atoms with van der Waals surface area (Å²) < 4.78 is 5.05. The highest BCUT2D eigenvalue weighted by atomic mass is 35.5. The average Bonchev–Trinajstić information content (AvgIpc) is 2.48. The molecule has 21 heavy (non-hydrogen) atoms. The van der Waals surface area contributed by atoms with E-state index in [4.69, 9.17) is 22.2 Å². The summed E-state index contributed by atoms with van der Waals surface area (Å²) in [6, 6.07) is 9.47. The van der Waals surface area contributed by atoms with Crippen molar-refractivity contribution >= 4 is 23.2 Å². The first-order chi connectivity index (χ1) is 10.1. The first-order valence-electron chi connectivity index (χ1n) is 6.48. The van der Waals surface area contributed by atoms with Gasteiger partial charge in [0.15, 0.2) is 5.82 Å². The lowest BCUT2D eigenvalue weighted by Gasteiger charge is -2.16. The number of rotatable bonds is 6. The van der Waals surface area contributed by atoms with Gasteiger partial charge in [0, 0.05) is 24.2 Å². The van der Waals surface area contributed by atoms with Crippen LogP contribution in [0, 0.1) is 0 Å². The summed E-state index contributed by atoms with van der Waals surface area (Å²) in [6.45, 7) is 2.36. The number of nitrogens with zero attached hydrogens (tertiary/aromatic N) is 2. The summed E-state index contributed by atoms with van der Waals surface area (Å²) in [4.78, 5) is 8.59. The highest BCUT2D eigenvalue weighted by Gasteiger charge is 2.09. The summed E-state index contributed by atoms with van der Waals surface area (Å²) in [5.41, 5.74) is 3.63. The molecule has 1 aromatic carbocycles. The number of hydrogen-bond acceptors (Lipinski definition) is 6. The lowest BCUT2D eigenvalue weighted by Crippen LogP contribution is -2.14. The van der Waals surface area contributed by atoms with E-state index in [-0.39, 0.29) is 6.04 Å². The molecule has 112 valence electrons. The topological polar surface area (TPSA) is 85.1 Å². The Morgan fingerprint density at radius 1 is 1.24 bits per heavy atom. The van der Waals surface area contributed by atoms with Crippen molar-refractivity contribution in [3.05, 3.63) is 46.7 Å². The normalized spacial score (nSPS) is 12.0. The predicted molar refractivity (Wildman–Crippen MR) is 84.0 cm³/mol. The van der Waals surface area contributed by atoms with Gasteiger partial charge in [-0.2, -0.15) is 0 Å². The fourth-order valence-electron chi connectivity index (χ4n) is 1.90. The van der Waals surface area contributed by atoms with Crippen molar-refractivity contribution < 1.29 is 4.74 Å². The molecule has 2 aromatic rings. The second-order valence-corrected chi connectivity index (χ2v) is 4.99. The SMILES string of the molecule is COCc1nc(NN)cc(NC(C)c2ccc(Cl)cc2)n1. The van der Waals surface area contributed by atoms with Crippen LogP contribution in [0.4, 0.5) is 11.6 Å². The van der Waals surface area contributed by atoms with Gasteiger partial charge in [-0.05, 0) is 24.6 Å². The van der Waals surface area contributed by atoms with Gasteiger partial charge in [0.25, 0.3) is 0 Å². The zero-order valence-corrected chi connectivity index (χ0v) is 12.7. The number of ether oxygens (including phenoxy) is 1. The fraction of sp³-hybridized carbons (Fsp3) is 0.286. The third kappa shape index (κ3) is 4.29. The molecule has 7 heteroatoms. The molecule has 2 rings (SSSR count). The minimum atomic E-state index is 0.0678. The highest BCUT2D eigenvalue weighted by Crippen LogP contribution is 2.21. The molecule has 1 unspecified atom stereocenters. The third-order valence-corrected chi connectivity index (χ3v) is 3.18. The van der Waals surface area contributed by atoms with Crippen LogP contribution in [0.1, 0.15) is 24.4 Å². The van der Waals surface area contributed by atoms with Gasteiger partial charge in [0.2, 0.25) is 0 Å². The molecule has 4 N–H and O–H groups in total. The first kappa shape index (κ1) is 15.5. The van der Waals surface area contributed by atoms with Gasteiger partial charge in [0.05, 0.1) is 0 Å². The molecule has 0 fully saturated rings. The summed E-state index contributed by atoms with van der Waals surface area (Å²) >= 11 is 5.89. The van der Waals surface area contributed by atoms with Crippen LogP contribution in [-0.2, 0) is 11.3 Å². The number of nitrogens with one attached hydrogen (secondary N) is 2. The Balaban J connectivity index is 2.17. The Kier molecular flexibility index (Phi) is 5.32. The Hall–Kier alpha value is -1.89. The van der Waals surface area contributed by atoms with Crippen molar-refractivity contribution in [1.82, 2.24) is 9.97 Å². The molecule has 0 aliphatic carbocycles. The van der Waals surface area contributed by atoms with E-state index in [1.165, 1.54) is 0 Å². The molecule has 0 bridgehead atoms.